The van der Waals surface area contributed by atoms with Gasteiger partial charge in [0, 0.05) is 6.61 Å². The third-order valence-electron chi connectivity index (χ3n) is 5.54. The topological polar surface area (TPSA) is 20.2 Å². The maximum atomic E-state index is 9.05. The number of aliphatic hydroxyl groups excluding tert-OH is 1. The minimum atomic E-state index is 0.359. The Morgan fingerprint density at radius 3 is 2.50 bits per heavy atom. The second-order valence-corrected chi connectivity index (χ2v) is 6.81. The van der Waals surface area contributed by atoms with Crippen molar-refractivity contribution in [1.29, 1.82) is 0 Å². The van der Waals surface area contributed by atoms with Crippen LogP contribution >= 0.6 is 0 Å². The standard InChI is InChI=1S/C15H26O/c1-11-5-6-12(14(11,2)3)9-13-10-15(13,4)7-8-16/h5,12-13,16H,6-10H2,1-4H3. The van der Waals surface area contributed by atoms with Crippen LogP contribution in [0.1, 0.15) is 53.4 Å². The highest BCUT2D eigenvalue weighted by molar-refractivity contribution is 5.19. The van der Waals surface area contributed by atoms with Crippen molar-refractivity contribution in [3.05, 3.63) is 11.6 Å². The van der Waals surface area contributed by atoms with Crippen LogP contribution in [0.25, 0.3) is 0 Å². The molecule has 0 amide bonds. The molecule has 16 heavy (non-hydrogen) atoms. The molecule has 3 unspecified atom stereocenters. The number of hydrogen-bond acceptors (Lipinski definition) is 1. The summed E-state index contributed by atoms with van der Waals surface area (Å²) in [6.45, 7) is 9.76. The summed E-state index contributed by atoms with van der Waals surface area (Å²) in [5.74, 6) is 1.70. The molecule has 1 nitrogen and oxygen atoms in total. The summed E-state index contributed by atoms with van der Waals surface area (Å²) in [6, 6.07) is 0. The van der Waals surface area contributed by atoms with Crippen LogP contribution < -0.4 is 0 Å². The predicted octanol–water partition coefficient (Wildman–Crippen LogP) is 3.78. The molecule has 0 aromatic carbocycles. The highest BCUT2D eigenvalue weighted by Gasteiger charge is 2.51. The van der Waals surface area contributed by atoms with Crippen molar-refractivity contribution >= 4 is 0 Å². The van der Waals surface area contributed by atoms with Gasteiger partial charge in [-0.1, -0.05) is 32.4 Å². The van der Waals surface area contributed by atoms with E-state index in [1.807, 2.05) is 0 Å². The summed E-state index contributed by atoms with van der Waals surface area (Å²) >= 11 is 0. The van der Waals surface area contributed by atoms with Gasteiger partial charge < -0.3 is 5.11 Å². The molecular weight excluding hydrogens is 196 g/mol. The number of aliphatic hydroxyl groups is 1. The van der Waals surface area contributed by atoms with E-state index in [9.17, 15) is 0 Å². The Balaban J connectivity index is 1.90. The number of hydrogen-bond donors (Lipinski definition) is 1. The van der Waals surface area contributed by atoms with Crippen LogP contribution in [0.2, 0.25) is 0 Å². The molecule has 1 N–H and O–H groups in total. The zero-order chi connectivity index (χ0) is 12.0. The molecule has 1 heteroatoms. The molecular formula is C15H26O. The summed E-state index contributed by atoms with van der Waals surface area (Å²) in [5.41, 5.74) is 2.44. The van der Waals surface area contributed by atoms with Crippen LogP contribution in [-0.2, 0) is 0 Å². The van der Waals surface area contributed by atoms with E-state index in [1.165, 1.54) is 19.3 Å². The maximum absolute atomic E-state index is 9.05. The van der Waals surface area contributed by atoms with E-state index in [0.717, 1.165) is 18.3 Å². The normalized spacial score (nSPS) is 40.9. The SMILES string of the molecule is CC1=CCC(CC2CC2(C)CCO)C1(C)C. The minimum absolute atomic E-state index is 0.359. The molecule has 1 fully saturated rings. The predicted molar refractivity (Wildman–Crippen MR) is 68.2 cm³/mol. The Bertz CT molecular complexity index is 303. The van der Waals surface area contributed by atoms with Gasteiger partial charge in [0.15, 0.2) is 0 Å². The maximum Gasteiger partial charge on any atom is 0.0436 e. The average molecular weight is 222 g/mol. The van der Waals surface area contributed by atoms with Gasteiger partial charge in [0.2, 0.25) is 0 Å². The molecule has 3 atom stereocenters. The van der Waals surface area contributed by atoms with Crippen LogP contribution in [0.15, 0.2) is 11.6 Å². The van der Waals surface area contributed by atoms with Crippen molar-refractivity contribution in [2.45, 2.75) is 53.4 Å². The molecule has 0 saturated heterocycles. The fourth-order valence-electron chi connectivity index (χ4n) is 3.37. The molecule has 0 radical (unpaired) electrons. The van der Waals surface area contributed by atoms with Crippen molar-refractivity contribution in [3.63, 3.8) is 0 Å². The summed E-state index contributed by atoms with van der Waals surface area (Å²) in [6.07, 6.45) is 7.38. The smallest absolute Gasteiger partial charge is 0.0436 e. The Morgan fingerprint density at radius 2 is 2.00 bits per heavy atom. The first kappa shape index (κ1) is 12.2. The Morgan fingerprint density at radius 1 is 1.31 bits per heavy atom. The van der Waals surface area contributed by atoms with Gasteiger partial charge in [-0.05, 0) is 55.3 Å². The van der Waals surface area contributed by atoms with E-state index in [4.69, 9.17) is 5.11 Å². The quantitative estimate of drug-likeness (QED) is 0.718. The summed E-state index contributed by atoms with van der Waals surface area (Å²) in [4.78, 5) is 0. The minimum Gasteiger partial charge on any atom is -0.396 e. The second kappa shape index (κ2) is 3.87. The molecule has 0 heterocycles. The van der Waals surface area contributed by atoms with Crippen molar-refractivity contribution in [2.24, 2.45) is 22.7 Å². The third kappa shape index (κ3) is 1.95. The summed E-state index contributed by atoms with van der Waals surface area (Å²) < 4.78 is 0. The van der Waals surface area contributed by atoms with Gasteiger partial charge >= 0.3 is 0 Å². The molecule has 2 aliphatic carbocycles. The van der Waals surface area contributed by atoms with Crippen LogP contribution in [-0.4, -0.2) is 11.7 Å². The van der Waals surface area contributed by atoms with E-state index in [-0.39, 0.29) is 0 Å². The molecule has 2 rings (SSSR count). The molecule has 0 bridgehead atoms. The van der Waals surface area contributed by atoms with E-state index in [0.29, 0.717) is 17.4 Å². The Labute approximate surface area is 99.9 Å². The van der Waals surface area contributed by atoms with Gasteiger partial charge in [-0.2, -0.15) is 0 Å². The molecule has 0 spiro atoms. The number of allylic oxidation sites excluding steroid dienone is 2. The van der Waals surface area contributed by atoms with Crippen LogP contribution in [0, 0.1) is 22.7 Å². The fraction of sp³-hybridized carbons (Fsp3) is 0.867. The van der Waals surface area contributed by atoms with Crippen LogP contribution in [0.3, 0.4) is 0 Å². The van der Waals surface area contributed by atoms with Crippen molar-refractivity contribution < 1.29 is 5.11 Å². The van der Waals surface area contributed by atoms with E-state index < -0.39 is 0 Å². The lowest BCUT2D eigenvalue weighted by Crippen LogP contribution is -2.21. The second-order valence-electron chi connectivity index (χ2n) is 6.81. The molecule has 1 saturated carbocycles. The molecule has 0 aromatic rings. The third-order valence-corrected chi connectivity index (χ3v) is 5.54. The van der Waals surface area contributed by atoms with E-state index in [1.54, 1.807) is 5.57 Å². The zero-order valence-corrected chi connectivity index (χ0v) is 11.2. The van der Waals surface area contributed by atoms with E-state index in [2.05, 4.69) is 33.8 Å². The highest BCUT2D eigenvalue weighted by atomic mass is 16.3. The molecule has 0 aliphatic heterocycles. The first-order chi connectivity index (χ1) is 7.40. The van der Waals surface area contributed by atoms with Crippen LogP contribution in [0.4, 0.5) is 0 Å². The first-order valence-corrected chi connectivity index (χ1v) is 6.68. The lowest BCUT2D eigenvalue weighted by Gasteiger charge is -2.30. The van der Waals surface area contributed by atoms with Crippen molar-refractivity contribution in [3.8, 4) is 0 Å². The Kier molecular flexibility index (Phi) is 2.94. The lowest BCUT2D eigenvalue weighted by molar-refractivity contribution is 0.223. The van der Waals surface area contributed by atoms with Gasteiger partial charge in [0.1, 0.15) is 0 Å². The average Bonchev–Trinajstić information content (AvgIpc) is 2.75. The van der Waals surface area contributed by atoms with Crippen molar-refractivity contribution in [1.82, 2.24) is 0 Å². The monoisotopic (exact) mass is 222 g/mol. The van der Waals surface area contributed by atoms with Gasteiger partial charge in [-0.3, -0.25) is 0 Å². The largest absolute Gasteiger partial charge is 0.396 e. The summed E-state index contributed by atoms with van der Waals surface area (Å²) in [5, 5.41) is 9.05. The molecule has 92 valence electrons. The highest BCUT2D eigenvalue weighted by Crippen LogP contribution is 2.60. The molecule has 0 aromatic heterocycles. The van der Waals surface area contributed by atoms with Gasteiger partial charge in [-0.25, -0.2) is 0 Å². The van der Waals surface area contributed by atoms with Gasteiger partial charge in [0.25, 0.3) is 0 Å². The number of rotatable bonds is 4. The fourth-order valence-corrected chi connectivity index (χ4v) is 3.37. The lowest BCUT2D eigenvalue weighted by atomic mass is 9.74. The zero-order valence-electron chi connectivity index (χ0n) is 11.2. The van der Waals surface area contributed by atoms with Gasteiger partial charge in [0.05, 0.1) is 0 Å². The van der Waals surface area contributed by atoms with Crippen LogP contribution in [0.5, 0.6) is 0 Å². The van der Waals surface area contributed by atoms with Crippen molar-refractivity contribution in [2.75, 3.05) is 6.61 Å². The van der Waals surface area contributed by atoms with E-state index >= 15 is 0 Å². The summed E-state index contributed by atoms with van der Waals surface area (Å²) in [7, 11) is 0. The molecule has 2 aliphatic rings. The Hall–Kier alpha value is -0.300. The first-order valence-electron chi connectivity index (χ1n) is 6.68. The van der Waals surface area contributed by atoms with Gasteiger partial charge in [-0.15, -0.1) is 0 Å².